The van der Waals surface area contributed by atoms with Crippen LogP contribution in [0.5, 0.6) is 0 Å². The smallest absolute Gasteiger partial charge is 0.267 e. The number of hydrogen-bond acceptors (Lipinski definition) is 2. The van der Waals surface area contributed by atoms with Crippen LogP contribution in [0.25, 0.3) is 0 Å². The van der Waals surface area contributed by atoms with Crippen LogP contribution in [-0.4, -0.2) is 23.1 Å². The first-order chi connectivity index (χ1) is 7.43. The van der Waals surface area contributed by atoms with Crippen LogP contribution in [0.4, 0.5) is 0 Å². The van der Waals surface area contributed by atoms with Gasteiger partial charge in [-0.25, -0.2) is 0 Å². The summed E-state index contributed by atoms with van der Waals surface area (Å²) in [5, 5.41) is 2.85. The minimum absolute atomic E-state index is 0.00492. The Bertz CT molecular complexity index is 368. The number of nitrogens with zero attached hydrogens (tertiary/aromatic N) is 1. The van der Waals surface area contributed by atoms with Gasteiger partial charge in [0.2, 0.25) is 0 Å². The van der Waals surface area contributed by atoms with Crippen molar-refractivity contribution in [2.75, 3.05) is 6.54 Å². The summed E-state index contributed by atoms with van der Waals surface area (Å²) in [6, 6.07) is 3.76. The number of rotatable bonds is 4. The Morgan fingerprint density at radius 2 is 2.12 bits per heavy atom. The maximum atomic E-state index is 11.8. The molecule has 0 bridgehead atoms. The van der Waals surface area contributed by atoms with Crippen molar-refractivity contribution in [2.45, 2.75) is 26.8 Å². The Balaban J connectivity index is 2.57. The normalized spacial score (nSPS) is 12.9. The fraction of sp³-hybridized carbons (Fsp3) is 0.583. The van der Waals surface area contributed by atoms with Crippen LogP contribution in [0.1, 0.15) is 30.0 Å². The summed E-state index contributed by atoms with van der Waals surface area (Å²) >= 11 is 0. The highest BCUT2D eigenvalue weighted by Crippen LogP contribution is 2.05. The molecule has 0 aliphatic carbocycles. The number of carbonyl (C=O) groups is 1. The lowest BCUT2D eigenvalue weighted by molar-refractivity contribution is 0.0941. The van der Waals surface area contributed by atoms with Gasteiger partial charge in [0.05, 0.1) is 0 Å². The number of aromatic nitrogens is 1. The highest BCUT2D eigenvalue weighted by molar-refractivity contribution is 5.92. The third-order valence-corrected chi connectivity index (χ3v) is 2.96. The third-order valence-electron chi connectivity index (χ3n) is 2.96. The van der Waals surface area contributed by atoms with E-state index in [2.05, 4.69) is 5.32 Å². The monoisotopic (exact) mass is 223 g/mol. The molecule has 1 atom stereocenters. The molecule has 0 saturated heterocycles. The first kappa shape index (κ1) is 12.8. The van der Waals surface area contributed by atoms with Crippen molar-refractivity contribution in [3.05, 3.63) is 23.5 Å². The van der Waals surface area contributed by atoms with E-state index >= 15 is 0 Å². The van der Waals surface area contributed by atoms with Gasteiger partial charge in [0.1, 0.15) is 5.69 Å². The van der Waals surface area contributed by atoms with Gasteiger partial charge in [-0.05, 0) is 25.0 Å². The summed E-state index contributed by atoms with van der Waals surface area (Å²) in [4.78, 5) is 11.8. The molecule has 0 aliphatic rings. The Labute approximate surface area is 96.8 Å². The summed E-state index contributed by atoms with van der Waals surface area (Å²) < 4.78 is 1.87. The lowest BCUT2D eigenvalue weighted by Gasteiger charge is -2.16. The quantitative estimate of drug-likeness (QED) is 0.801. The van der Waals surface area contributed by atoms with Gasteiger partial charge < -0.3 is 15.6 Å². The molecule has 0 fully saturated rings. The van der Waals surface area contributed by atoms with E-state index in [1.165, 1.54) is 0 Å². The van der Waals surface area contributed by atoms with Crippen molar-refractivity contribution in [3.63, 3.8) is 0 Å². The number of aryl methyl sites for hydroxylation is 1. The maximum Gasteiger partial charge on any atom is 0.267 e. The van der Waals surface area contributed by atoms with E-state index in [0.29, 0.717) is 18.2 Å². The van der Waals surface area contributed by atoms with Gasteiger partial charge in [-0.3, -0.25) is 4.79 Å². The summed E-state index contributed by atoms with van der Waals surface area (Å²) in [6.07, 6.45) is 0. The van der Waals surface area contributed by atoms with Gasteiger partial charge in [0, 0.05) is 25.3 Å². The van der Waals surface area contributed by atoms with E-state index in [1.807, 2.05) is 44.5 Å². The first-order valence-electron chi connectivity index (χ1n) is 5.59. The Hall–Kier alpha value is -1.29. The maximum absolute atomic E-state index is 11.8. The molecule has 1 unspecified atom stereocenters. The Morgan fingerprint density at radius 1 is 1.50 bits per heavy atom. The van der Waals surface area contributed by atoms with Gasteiger partial charge in [-0.15, -0.1) is 0 Å². The van der Waals surface area contributed by atoms with Crippen LogP contribution in [0.2, 0.25) is 0 Å². The predicted octanol–water partition coefficient (Wildman–Crippen LogP) is 1.05. The highest BCUT2D eigenvalue weighted by Gasteiger charge is 2.13. The molecule has 0 spiro atoms. The molecule has 1 heterocycles. The molecule has 1 aromatic rings. The number of nitrogens with one attached hydrogen (secondary N) is 1. The van der Waals surface area contributed by atoms with Crippen LogP contribution in [-0.2, 0) is 7.05 Å². The third kappa shape index (κ3) is 2.85. The molecule has 1 aromatic heterocycles. The van der Waals surface area contributed by atoms with Crippen LogP contribution in [0.15, 0.2) is 12.1 Å². The van der Waals surface area contributed by atoms with Gasteiger partial charge in [-0.1, -0.05) is 13.8 Å². The minimum atomic E-state index is -0.0632. The fourth-order valence-electron chi connectivity index (χ4n) is 1.38. The van der Waals surface area contributed by atoms with Crippen LogP contribution in [0, 0.1) is 12.8 Å². The summed E-state index contributed by atoms with van der Waals surface area (Å²) in [5.41, 5.74) is 7.61. The van der Waals surface area contributed by atoms with Crippen molar-refractivity contribution in [3.8, 4) is 0 Å². The summed E-state index contributed by atoms with van der Waals surface area (Å²) in [5.74, 6) is 0.308. The zero-order chi connectivity index (χ0) is 12.3. The molecule has 90 valence electrons. The number of nitrogens with two attached hydrogens (primary N) is 1. The molecule has 1 rings (SSSR count). The highest BCUT2D eigenvalue weighted by atomic mass is 16.1. The van der Waals surface area contributed by atoms with Crippen molar-refractivity contribution >= 4 is 5.91 Å². The zero-order valence-electron chi connectivity index (χ0n) is 10.4. The standard InChI is InChI=1S/C12H21N3O/c1-8(2)10(13)7-14-12(16)11-6-5-9(3)15(11)4/h5-6,8,10H,7,13H2,1-4H3,(H,14,16). The Kier molecular flexibility index (Phi) is 4.12. The van der Waals surface area contributed by atoms with E-state index in [-0.39, 0.29) is 11.9 Å². The molecule has 16 heavy (non-hydrogen) atoms. The van der Waals surface area contributed by atoms with E-state index in [1.54, 1.807) is 0 Å². The van der Waals surface area contributed by atoms with E-state index < -0.39 is 0 Å². The minimum Gasteiger partial charge on any atom is -0.349 e. The van der Waals surface area contributed by atoms with Crippen molar-refractivity contribution < 1.29 is 4.79 Å². The average molecular weight is 223 g/mol. The number of amides is 1. The molecule has 3 N–H and O–H groups in total. The van der Waals surface area contributed by atoms with Crippen LogP contribution in [0.3, 0.4) is 0 Å². The van der Waals surface area contributed by atoms with E-state index in [4.69, 9.17) is 5.73 Å². The zero-order valence-corrected chi connectivity index (χ0v) is 10.4. The number of carbonyl (C=O) groups excluding carboxylic acids is 1. The largest absolute Gasteiger partial charge is 0.349 e. The lowest BCUT2D eigenvalue weighted by Crippen LogP contribution is -2.40. The predicted molar refractivity (Wildman–Crippen MR) is 65.3 cm³/mol. The molecular formula is C12H21N3O. The first-order valence-corrected chi connectivity index (χ1v) is 5.59. The van der Waals surface area contributed by atoms with E-state index in [9.17, 15) is 4.79 Å². The number of hydrogen-bond donors (Lipinski definition) is 2. The van der Waals surface area contributed by atoms with Crippen LogP contribution >= 0.6 is 0 Å². The average Bonchev–Trinajstić information content (AvgIpc) is 2.55. The summed E-state index contributed by atoms with van der Waals surface area (Å²) in [7, 11) is 1.88. The molecule has 4 heteroatoms. The SMILES string of the molecule is Cc1ccc(C(=O)NCC(N)C(C)C)n1C. The van der Waals surface area contributed by atoms with Crippen LogP contribution < -0.4 is 11.1 Å². The van der Waals surface area contributed by atoms with Gasteiger partial charge in [0.15, 0.2) is 0 Å². The topological polar surface area (TPSA) is 60.1 Å². The molecule has 1 amide bonds. The second-order valence-electron chi connectivity index (χ2n) is 4.54. The second-order valence-corrected chi connectivity index (χ2v) is 4.54. The van der Waals surface area contributed by atoms with Crippen molar-refractivity contribution in [1.29, 1.82) is 0 Å². The molecule has 4 nitrogen and oxygen atoms in total. The molecule has 0 aromatic carbocycles. The summed E-state index contributed by atoms with van der Waals surface area (Å²) in [6.45, 7) is 6.57. The Morgan fingerprint density at radius 3 is 2.56 bits per heavy atom. The van der Waals surface area contributed by atoms with Crippen molar-refractivity contribution in [1.82, 2.24) is 9.88 Å². The van der Waals surface area contributed by atoms with E-state index in [0.717, 1.165) is 5.69 Å². The van der Waals surface area contributed by atoms with Crippen molar-refractivity contribution in [2.24, 2.45) is 18.7 Å². The molecule has 0 radical (unpaired) electrons. The second kappa shape index (κ2) is 5.16. The fourth-order valence-corrected chi connectivity index (χ4v) is 1.38. The van der Waals surface area contributed by atoms with Gasteiger partial charge in [0.25, 0.3) is 5.91 Å². The molecular weight excluding hydrogens is 202 g/mol. The molecule has 0 aliphatic heterocycles. The van der Waals surface area contributed by atoms with Gasteiger partial charge in [-0.2, -0.15) is 0 Å². The lowest BCUT2D eigenvalue weighted by atomic mass is 10.1. The van der Waals surface area contributed by atoms with Gasteiger partial charge >= 0.3 is 0 Å². The molecule has 0 saturated carbocycles.